The Labute approximate surface area is 69.1 Å². The summed E-state index contributed by atoms with van der Waals surface area (Å²) in [6, 6.07) is 0. The van der Waals surface area contributed by atoms with Gasteiger partial charge in [-0.15, -0.1) is 0 Å². The van der Waals surface area contributed by atoms with Gasteiger partial charge in [0, 0.05) is 0 Å². The lowest BCUT2D eigenvalue weighted by molar-refractivity contribution is 0.294. The molecule has 0 aromatic rings. The fourth-order valence-corrected chi connectivity index (χ4v) is 0.635. The van der Waals surface area contributed by atoms with Crippen molar-refractivity contribution < 1.29 is 4.74 Å². The van der Waals surface area contributed by atoms with Crippen LogP contribution in [0.1, 0.15) is 20.8 Å². The molecule has 0 aliphatic carbocycles. The van der Waals surface area contributed by atoms with Crippen molar-refractivity contribution in [3.63, 3.8) is 0 Å². The number of allylic oxidation sites excluding steroid dienone is 6. The largest absolute Gasteiger partial charge is 0.501 e. The number of hydrogen-bond donors (Lipinski definition) is 0. The lowest BCUT2D eigenvalue weighted by atomic mass is 10.2. The molecular weight excluding hydrogens is 136 g/mol. The third-order valence-corrected chi connectivity index (χ3v) is 1.33. The van der Waals surface area contributed by atoms with Gasteiger partial charge in [-0.3, -0.25) is 0 Å². The first kappa shape index (κ1) is 10.0. The van der Waals surface area contributed by atoms with Crippen LogP contribution in [0.15, 0.2) is 35.6 Å². The van der Waals surface area contributed by atoms with Crippen LogP contribution in [0.3, 0.4) is 0 Å². The van der Waals surface area contributed by atoms with E-state index in [0.717, 1.165) is 5.76 Å². The maximum atomic E-state index is 4.97. The fourth-order valence-electron chi connectivity index (χ4n) is 0.635. The molecule has 0 heterocycles. The van der Waals surface area contributed by atoms with E-state index in [-0.39, 0.29) is 0 Å². The Hall–Kier alpha value is -0.980. The highest BCUT2D eigenvalue weighted by atomic mass is 16.5. The van der Waals surface area contributed by atoms with Gasteiger partial charge in [-0.2, -0.15) is 0 Å². The Morgan fingerprint density at radius 1 is 1.18 bits per heavy atom. The van der Waals surface area contributed by atoms with Crippen molar-refractivity contribution in [1.29, 1.82) is 0 Å². The van der Waals surface area contributed by atoms with Gasteiger partial charge in [0.1, 0.15) is 0 Å². The minimum absolute atomic E-state index is 0.925. The minimum Gasteiger partial charge on any atom is -0.501 e. The standard InChI is InChI=1S/C10H16O/c1-5-6-9(2)7-8-10(3)11-4/h5-8H,1-4H3. The molecule has 1 nitrogen and oxygen atoms in total. The molecule has 0 aromatic heterocycles. The summed E-state index contributed by atoms with van der Waals surface area (Å²) < 4.78 is 4.97. The molecule has 0 rings (SSSR count). The fraction of sp³-hybridized carbons (Fsp3) is 0.400. The molecule has 0 amide bonds. The topological polar surface area (TPSA) is 9.23 Å². The van der Waals surface area contributed by atoms with Crippen LogP contribution in [-0.2, 0) is 4.74 Å². The first-order valence-corrected chi connectivity index (χ1v) is 3.72. The van der Waals surface area contributed by atoms with Crippen LogP contribution < -0.4 is 0 Å². The highest BCUT2D eigenvalue weighted by Crippen LogP contribution is 1.98. The monoisotopic (exact) mass is 152 g/mol. The molecule has 62 valence electrons. The van der Waals surface area contributed by atoms with Crippen molar-refractivity contribution in [3.8, 4) is 0 Å². The van der Waals surface area contributed by atoms with E-state index in [1.54, 1.807) is 7.11 Å². The van der Waals surface area contributed by atoms with E-state index in [4.69, 9.17) is 4.74 Å². The van der Waals surface area contributed by atoms with E-state index in [1.165, 1.54) is 5.57 Å². The quantitative estimate of drug-likeness (QED) is 0.446. The Morgan fingerprint density at radius 2 is 1.82 bits per heavy atom. The Morgan fingerprint density at radius 3 is 2.27 bits per heavy atom. The van der Waals surface area contributed by atoms with Crippen LogP contribution in [-0.4, -0.2) is 7.11 Å². The van der Waals surface area contributed by atoms with E-state index in [9.17, 15) is 0 Å². The van der Waals surface area contributed by atoms with E-state index >= 15 is 0 Å². The smallest absolute Gasteiger partial charge is 0.0924 e. The SMILES string of the molecule is CC=CC(C)=CC=C(C)OC. The first-order chi connectivity index (χ1) is 5.20. The molecule has 0 N–H and O–H groups in total. The zero-order valence-electron chi connectivity index (χ0n) is 7.72. The highest BCUT2D eigenvalue weighted by Gasteiger charge is 1.80. The van der Waals surface area contributed by atoms with E-state index in [0.29, 0.717) is 0 Å². The molecule has 0 unspecified atom stereocenters. The number of methoxy groups -OCH3 is 1. The Bertz CT molecular complexity index is 185. The molecule has 1 heteroatoms. The lowest BCUT2D eigenvalue weighted by Crippen LogP contribution is -1.76. The van der Waals surface area contributed by atoms with Crippen molar-refractivity contribution in [2.75, 3.05) is 7.11 Å². The molecule has 0 aromatic carbocycles. The summed E-state index contributed by atoms with van der Waals surface area (Å²) in [5.41, 5.74) is 1.23. The van der Waals surface area contributed by atoms with E-state index < -0.39 is 0 Å². The van der Waals surface area contributed by atoms with Crippen LogP contribution in [0.5, 0.6) is 0 Å². The molecule has 0 spiro atoms. The van der Waals surface area contributed by atoms with Crippen LogP contribution in [0, 0.1) is 0 Å². The van der Waals surface area contributed by atoms with Crippen molar-refractivity contribution in [1.82, 2.24) is 0 Å². The first-order valence-electron chi connectivity index (χ1n) is 3.72. The van der Waals surface area contributed by atoms with Gasteiger partial charge in [-0.05, 0) is 26.8 Å². The van der Waals surface area contributed by atoms with Gasteiger partial charge >= 0.3 is 0 Å². The van der Waals surface area contributed by atoms with Gasteiger partial charge in [0.2, 0.25) is 0 Å². The minimum atomic E-state index is 0.925. The molecule has 0 fully saturated rings. The zero-order chi connectivity index (χ0) is 8.69. The normalized spacial score (nSPS) is 14.2. The van der Waals surface area contributed by atoms with Gasteiger partial charge in [-0.25, -0.2) is 0 Å². The summed E-state index contributed by atoms with van der Waals surface area (Å²) >= 11 is 0. The summed E-state index contributed by atoms with van der Waals surface area (Å²) in [7, 11) is 1.67. The third kappa shape index (κ3) is 5.46. The summed E-state index contributed by atoms with van der Waals surface area (Å²) in [6.45, 7) is 5.99. The predicted molar refractivity (Wildman–Crippen MR) is 49.3 cm³/mol. The molecule has 0 radical (unpaired) electrons. The van der Waals surface area contributed by atoms with Gasteiger partial charge in [0.25, 0.3) is 0 Å². The number of hydrogen-bond acceptors (Lipinski definition) is 1. The molecular formula is C10H16O. The maximum Gasteiger partial charge on any atom is 0.0924 e. The van der Waals surface area contributed by atoms with Crippen molar-refractivity contribution >= 4 is 0 Å². The average molecular weight is 152 g/mol. The van der Waals surface area contributed by atoms with Crippen LogP contribution in [0.2, 0.25) is 0 Å². The van der Waals surface area contributed by atoms with Gasteiger partial charge in [0.05, 0.1) is 12.9 Å². The summed E-state index contributed by atoms with van der Waals surface area (Å²) in [5.74, 6) is 0.925. The lowest BCUT2D eigenvalue weighted by Gasteiger charge is -1.94. The Balaban J connectivity index is 4.10. The van der Waals surface area contributed by atoms with Crippen molar-refractivity contribution in [2.45, 2.75) is 20.8 Å². The molecule has 0 bridgehead atoms. The summed E-state index contributed by atoms with van der Waals surface area (Å²) in [4.78, 5) is 0. The van der Waals surface area contributed by atoms with Gasteiger partial charge < -0.3 is 4.74 Å². The third-order valence-electron chi connectivity index (χ3n) is 1.33. The second-order valence-electron chi connectivity index (χ2n) is 2.39. The summed E-state index contributed by atoms with van der Waals surface area (Å²) in [6.07, 6.45) is 8.05. The molecule has 0 aliphatic rings. The number of ether oxygens (including phenoxy) is 1. The second-order valence-corrected chi connectivity index (χ2v) is 2.39. The second kappa shape index (κ2) is 5.78. The van der Waals surface area contributed by atoms with Gasteiger partial charge in [-0.1, -0.05) is 23.8 Å². The molecule has 0 saturated carbocycles. The average Bonchev–Trinajstić information content (AvgIpc) is 2.01. The van der Waals surface area contributed by atoms with Crippen molar-refractivity contribution in [2.24, 2.45) is 0 Å². The summed E-state index contributed by atoms with van der Waals surface area (Å²) in [5, 5.41) is 0. The Kier molecular flexibility index (Phi) is 5.26. The molecule has 0 atom stereocenters. The molecule has 11 heavy (non-hydrogen) atoms. The number of rotatable bonds is 3. The predicted octanol–water partition coefficient (Wildman–Crippen LogP) is 3.06. The van der Waals surface area contributed by atoms with Crippen LogP contribution >= 0.6 is 0 Å². The van der Waals surface area contributed by atoms with E-state index in [2.05, 4.69) is 13.0 Å². The van der Waals surface area contributed by atoms with Crippen molar-refractivity contribution in [3.05, 3.63) is 35.6 Å². The maximum absolute atomic E-state index is 4.97. The van der Waals surface area contributed by atoms with Crippen LogP contribution in [0.4, 0.5) is 0 Å². The highest BCUT2D eigenvalue weighted by molar-refractivity contribution is 5.21. The zero-order valence-corrected chi connectivity index (χ0v) is 7.72. The van der Waals surface area contributed by atoms with Crippen LogP contribution in [0.25, 0.3) is 0 Å². The van der Waals surface area contributed by atoms with E-state index in [1.807, 2.05) is 32.1 Å². The van der Waals surface area contributed by atoms with Gasteiger partial charge in [0.15, 0.2) is 0 Å². The molecule has 0 aliphatic heterocycles. The molecule has 0 saturated heterocycles.